The number of nitrogens with one attached hydrogen (secondary N) is 4. The second-order valence-electron chi connectivity index (χ2n) is 13.3. The highest BCUT2D eigenvalue weighted by molar-refractivity contribution is 5.90. The molecule has 1 aliphatic rings. The van der Waals surface area contributed by atoms with Crippen LogP contribution >= 0.6 is 0 Å². The Kier molecular flexibility index (Phi) is 12.2. The average Bonchev–Trinajstić information content (AvgIpc) is 3.77. The maximum atomic E-state index is 4.95. The predicted molar refractivity (Wildman–Crippen MR) is 197 cm³/mol. The molecule has 3 aromatic heterocycles. The van der Waals surface area contributed by atoms with Gasteiger partial charge in [-0.25, -0.2) is 4.98 Å². The van der Waals surface area contributed by atoms with Gasteiger partial charge in [-0.15, -0.1) is 5.10 Å². The number of anilines is 2. The SMILES string of the molecule is CN(CCc1c[nH]c2ccccc12)CCN(C)c1nc(NCc2cn(CCCNCCCNC3CCCCC3)nn2)nc2ccccc12. The third kappa shape index (κ3) is 9.52. The zero-order valence-corrected chi connectivity index (χ0v) is 28.8. The molecule has 0 amide bonds. The Morgan fingerprint density at radius 3 is 2.58 bits per heavy atom. The van der Waals surface area contributed by atoms with Crippen molar-refractivity contribution in [2.24, 2.45) is 0 Å². The number of aromatic nitrogens is 6. The van der Waals surface area contributed by atoms with E-state index in [2.05, 4.69) is 91.7 Å². The Morgan fingerprint density at radius 1 is 0.875 bits per heavy atom. The number of hydrogen-bond donors (Lipinski definition) is 4. The van der Waals surface area contributed by atoms with Gasteiger partial charge in [0.1, 0.15) is 11.5 Å². The molecule has 4 N–H and O–H groups in total. The Balaban J connectivity index is 0.935. The van der Waals surface area contributed by atoms with Gasteiger partial charge in [0, 0.05) is 61.8 Å². The number of rotatable bonds is 19. The van der Waals surface area contributed by atoms with Crippen molar-refractivity contribution in [3.8, 4) is 0 Å². The van der Waals surface area contributed by atoms with E-state index in [1.54, 1.807) is 0 Å². The maximum Gasteiger partial charge on any atom is 0.225 e. The molecule has 0 radical (unpaired) electrons. The lowest BCUT2D eigenvalue weighted by Gasteiger charge is -2.24. The fraction of sp³-hybridized carbons (Fsp3) is 0.514. The molecule has 6 rings (SSSR count). The Hall–Kier alpha value is -4.06. The van der Waals surface area contributed by atoms with Crippen LogP contribution in [0.3, 0.4) is 0 Å². The van der Waals surface area contributed by atoms with E-state index >= 15 is 0 Å². The smallest absolute Gasteiger partial charge is 0.225 e. The summed E-state index contributed by atoms with van der Waals surface area (Å²) in [7, 11) is 4.30. The zero-order valence-electron chi connectivity index (χ0n) is 28.8. The highest BCUT2D eigenvalue weighted by Gasteiger charge is 2.14. The molecule has 11 nitrogen and oxygen atoms in total. The molecule has 11 heteroatoms. The third-order valence-electron chi connectivity index (χ3n) is 9.52. The summed E-state index contributed by atoms with van der Waals surface area (Å²) in [5.41, 5.74) is 4.36. The van der Waals surface area contributed by atoms with E-state index < -0.39 is 0 Å². The summed E-state index contributed by atoms with van der Waals surface area (Å²) < 4.78 is 1.93. The van der Waals surface area contributed by atoms with Crippen LogP contribution in [-0.4, -0.2) is 94.3 Å². The van der Waals surface area contributed by atoms with Gasteiger partial charge in [-0.05, 0) is 82.5 Å². The van der Waals surface area contributed by atoms with Crippen LogP contribution in [0.15, 0.2) is 60.9 Å². The predicted octanol–water partition coefficient (Wildman–Crippen LogP) is 5.22. The van der Waals surface area contributed by atoms with E-state index in [0.717, 1.165) is 87.1 Å². The second kappa shape index (κ2) is 17.4. The summed E-state index contributed by atoms with van der Waals surface area (Å²) in [6.45, 7) is 7.28. The van der Waals surface area contributed by atoms with Gasteiger partial charge < -0.3 is 30.7 Å². The summed E-state index contributed by atoms with van der Waals surface area (Å²) in [4.78, 5) is 17.8. The van der Waals surface area contributed by atoms with Gasteiger partial charge in [-0.3, -0.25) is 4.68 Å². The maximum absolute atomic E-state index is 4.95. The van der Waals surface area contributed by atoms with Gasteiger partial charge in [0.05, 0.1) is 18.3 Å². The van der Waals surface area contributed by atoms with Crippen molar-refractivity contribution in [1.82, 2.24) is 45.5 Å². The topological polar surface area (TPSA) is 115 Å². The molecule has 2 aromatic carbocycles. The molecule has 0 atom stereocenters. The van der Waals surface area contributed by atoms with Crippen molar-refractivity contribution in [3.05, 3.63) is 72.2 Å². The Morgan fingerprint density at radius 2 is 1.69 bits per heavy atom. The summed E-state index contributed by atoms with van der Waals surface area (Å²) >= 11 is 0. The summed E-state index contributed by atoms with van der Waals surface area (Å²) in [5, 5.41) is 21.8. The first kappa shape index (κ1) is 33.8. The Bertz CT molecular complexity index is 1690. The lowest BCUT2D eigenvalue weighted by molar-refractivity contribution is 0.346. The number of aryl methyl sites for hydroxylation is 1. The second-order valence-corrected chi connectivity index (χ2v) is 13.3. The highest BCUT2D eigenvalue weighted by atomic mass is 15.4. The number of nitrogens with zero attached hydrogens (tertiary/aromatic N) is 7. The molecular formula is C37H53N11. The quantitative estimate of drug-likeness (QED) is 0.0893. The first-order valence-electron chi connectivity index (χ1n) is 17.9. The van der Waals surface area contributed by atoms with Crippen LogP contribution in [0.2, 0.25) is 0 Å². The highest BCUT2D eigenvalue weighted by Crippen LogP contribution is 2.25. The van der Waals surface area contributed by atoms with Gasteiger partial charge in [-0.2, -0.15) is 4.98 Å². The molecule has 1 saturated carbocycles. The summed E-state index contributed by atoms with van der Waals surface area (Å²) in [6, 6.07) is 17.5. The number of para-hydroxylation sites is 2. The van der Waals surface area contributed by atoms with Crippen LogP contribution in [0.5, 0.6) is 0 Å². The monoisotopic (exact) mass is 651 g/mol. The molecular weight excluding hydrogens is 598 g/mol. The van der Waals surface area contributed by atoms with E-state index in [1.165, 1.54) is 55.0 Å². The molecule has 0 unspecified atom stereocenters. The summed E-state index contributed by atoms with van der Waals surface area (Å²) in [5.74, 6) is 1.52. The molecule has 3 heterocycles. The first-order valence-corrected chi connectivity index (χ1v) is 17.9. The van der Waals surface area contributed by atoms with Crippen LogP contribution in [0.4, 0.5) is 11.8 Å². The first-order chi connectivity index (χ1) is 23.6. The zero-order chi connectivity index (χ0) is 33.0. The minimum atomic E-state index is 0.518. The standard InChI is InChI=1S/C37H53N11/c1-46(23-18-29-26-40-34-16-8-6-14-32(29)34)24-25-47(2)36-33-15-7-9-17-35(33)42-37(43-36)41-27-31-28-48(45-44-31)22-11-20-38-19-10-21-39-30-12-4-3-5-13-30/h6-9,14-17,26,28,30,38-40H,3-5,10-13,18-25,27H2,1-2H3,(H,41,42,43). The molecule has 5 aromatic rings. The molecule has 0 aliphatic heterocycles. The molecule has 1 aliphatic carbocycles. The van der Waals surface area contributed by atoms with Crippen molar-refractivity contribution < 1.29 is 0 Å². The van der Waals surface area contributed by atoms with Crippen LogP contribution < -0.4 is 20.9 Å². The Labute approximate surface area is 284 Å². The fourth-order valence-electron chi connectivity index (χ4n) is 6.63. The number of hydrogen-bond acceptors (Lipinski definition) is 9. The van der Waals surface area contributed by atoms with E-state index in [9.17, 15) is 0 Å². The van der Waals surface area contributed by atoms with E-state index in [1.807, 2.05) is 29.1 Å². The van der Waals surface area contributed by atoms with Crippen molar-refractivity contribution in [2.75, 3.05) is 63.6 Å². The van der Waals surface area contributed by atoms with Gasteiger partial charge in [0.25, 0.3) is 0 Å². The average molecular weight is 652 g/mol. The minimum Gasteiger partial charge on any atom is -0.361 e. The minimum absolute atomic E-state index is 0.518. The van der Waals surface area contributed by atoms with E-state index in [0.29, 0.717) is 12.5 Å². The third-order valence-corrected chi connectivity index (χ3v) is 9.52. The summed E-state index contributed by atoms with van der Waals surface area (Å²) in [6.07, 6.45) is 14.2. The van der Waals surface area contributed by atoms with Crippen LogP contribution in [0.25, 0.3) is 21.8 Å². The van der Waals surface area contributed by atoms with Gasteiger partial charge in [-0.1, -0.05) is 54.8 Å². The van der Waals surface area contributed by atoms with Gasteiger partial charge >= 0.3 is 0 Å². The molecule has 48 heavy (non-hydrogen) atoms. The van der Waals surface area contributed by atoms with Crippen molar-refractivity contribution >= 4 is 33.6 Å². The molecule has 0 bridgehead atoms. The van der Waals surface area contributed by atoms with Crippen molar-refractivity contribution in [3.63, 3.8) is 0 Å². The van der Waals surface area contributed by atoms with Gasteiger partial charge in [0.15, 0.2) is 0 Å². The number of aromatic amines is 1. The van der Waals surface area contributed by atoms with Crippen LogP contribution in [0.1, 0.15) is 56.2 Å². The number of fused-ring (bicyclic) bond motifs is 2. The lowest BCUT2D eigenvalue weighted by atomic mass is 9.95. The van der Waals surface area contributed by atoms with Crippen molar-refractivity contribution in [1.29, 1.82) is 0 Å². The van der Waals surface area contributed by atoms with E-state index in [-0.39, 0.29) is 0 Å². The number of likely N-dealkylation sites (N-methyl/N-ethyl adjacent to an activating group) is 2. The molecule has 1 fully saturated rings. The van der Waals surface area contributed by atoms with Crippen LogP contribution in [-0.2, 0) is 19.5 Å². The fourth-order valence-corrected chi connectivity index (χ4v) is 6.63. The molecule has 256 valence electrons. The van der Waals surface area contributed by atoms with E-state index in [4.69, 9.17) is 9.97 Å². The molecule has 0 saturated heterocycles. The lowest BCUT2D eigenvalue weighted by Crippen LogP contribution is -2.33. The number of benzene rings is 2. The van der Waals surface area contributed by atoms with Gasteiger partial charge in [0.2, 0.25) is 5.95 Å². The van der Waals surface area contributed by atoms with Crippen LogP contribution in [0, 0.1) is 0 Å². The number of H-pyrrole nitrogens is 1. The van der Waals surface area contributed by atoms with Crippen molar-refractivity contribution in [2.45, 2.75) is 70.5 Å². The largest absolute Gasteiger partial charge is 0.361 e. The molecule has 0 spiro atoms. The normalized spacial score (nSPS) is 14.0.